The van der Waals surface area contributed by atoms with E-state index in [2.05, 4.69) is 34.9 Å². The van der Waals surface area contributed by atoms with Crippen molar-refractivity contribution < 1.29 is 29.4 Å². The van der Waals surface area contributed by atoms with E-state index >= 15 is 0 Å². The largest absolute Gasteiger partial charge is 0.481 e. The van der Waals surface area contributed by atoms with Crippen molar-refractivity contribution in [2.75, 3.05) is 11.5 Å². The highest BCUT2D eigenvalue weighted by Gasteiger charge is 2.10. The summed E-state index contributed by atoms with van der Waals surface area (Å²) in [6.45, 7) is 3.06. The first-order valence-corrected chi connectivity index (χ1v) is 17.2. The fraction of sp³-hybridized carbons (Fsp3) is 0.733. The van der Waals surface area contributed by atoms with E-state index in [0.29, 0.717) is 0 Å². The average Bonchev–Trinajstić information content (AvgIpc) is 2.87. The third-order valence-corrected chi connectivity index (χ3v) is 8.59. The van der Waals surface area contributed by atoms with Crippen LogP contribution in [0.15, 0.2) is 24.3 Å². The number of amides is 2. The summed E-state index contributed by atoms with van der Waals surface area (Å²) in [5, 5.41) is 23.3. The number of carbonyl (C=O) groups is 4. The number of hydrogen-bond donors (Lipinski definition) is 4. The number of aliphatic carboxylic acids is 2. The van der Waals surface area contributed by atoms with E-state index < -0.39 is 11.9 Å². The molecule has 40 heavy (non-hydrogen) atoms. The highest BCUT2D eigenvalue weighted by atomic mass is 33.1. The third-order valence-electron chi connectivity index (χ3n) is 6.12. The second-order valence-electron chi connectivity index (χ2n) is 10.1. The fourth-order valence-corrected chi connectivity index (χ4v) is 6.40. The number of carboxylic acids is 2. The van der Waals surface area contributed by atoms with Crippen LogP contribution in [0.3, 0.4) is 0 Å². The van der Waals surface area contributed by atoms with Gasteiger partial charge in [-0.15, -0.1) is 0 Å². The zero-order valence-electron chi connectivity index (χ0n) is 24.5. The maximum Gasteiger partial charge on any atom is 0.303 e. The third kappa shape index (κ3) is 29.1. The smallest absolute Gasteiger partial charge is 0.303 e. The summed E-state index contributed by atoms with van der Waals surface area (Å²) >= 11 is 0. The SMILES string of the molecule is CC(=O)N[C@H](/C=C/CCCCCCCCC(=O)O)CSSC[C@@H](/C=C/CCCCCCCCC(=O)O)NC(C)=O. The van der Waals surface area contributed by atoms with Crippen LogP contribution in [0.1, 0.15) is 117 Å². The molecule has 4 N–H and O–H groups in total. The van der Waals surface area contributed by atoms with E-state index in [4.69, 9.17) is 10.2 Å². The Morgan fingerprint density at radius 2 is 0.900 bits per heavy atom. The zero-order chi connectivity index (χ0) is 29.8. The van der Waals surface area contributed by atoms with E-state index in [1.54, 1.807) is 21.6 Å². The Balaban J connectivity index is 4.19. The molecule has 0 aliphatic rings. The summed E-state index contributed by atoms with van der Waals surface area (Å²) in [4.78, 5) is 44.3. The lowest BCUT2D eigenvalue weighted by atomic mass is 10.1. The second kappa shape index (κ2) is 27.2. The monoisotopic (exact) mass is 600 g/mol. The highest BCUT2D eigenvalue weighted by molar-refractivity contribution is 8.76. The molecule has 0 saturated heterocycles. The van der Waals surface area contributed by atoms with Gasteiger partial charge in [0.05, 0.1) is 12.1 Å². The molecule has 0 unspecified atom stereocenters. The molecule has 0 radical (unpaired) electrons. The number of rotatable bonds is 27. The van der Waals surface area contributed by atoms with Crippen molar-refractivity contribution in [2.45, 2.75) is 129 Å². The van der Waals surface area contributed by atoms with Crippen LogP contribution in [0.4, 0.5) is 0 Å². The summed E-state index contributed by atoms with van der Waals surface area (Å²) in [6, 6.07) is -0.0743. The molecule has 0 heterocycles. The van der Waals surface area contributed by atoms with Crippen molar-refractivity contribution in [1.29, 1.82) is 0 Å². The molecule has 0 rings (SSSR count). The molecule has 0 aromatic heterocycles. The number of nitrogens with one attached hydrogen (secondary N) is 2. The predicted molar refractivity (Wildman–Crippen MR) is 168 cm³/mol. The van der Waals surface area contributed by atoms with Crippen LogP contribution in [0.5, 0.6) is 0 Å². The van der Waals surface area contributed by atoms with Crippen LogP contribution < -0.4 is 10.6 Å². The molecule has 0 aliphatic heterocycles. The summed E-state index contributed by atoms with van der Waals surface area (Å²) in [7, 11) is 3.37. The Morgan fingerprint density at radius 3 is 1.23 bits per heavy atom. The average molecular weight is 601 g/mol. The predicted octanol–water partition coefficient (Wildman–Crippen LogP) is 6.90. The van der Waals surface area contributed by atoms with Gasteiger partial charge in [0.2, 0.25) is 11.8 Å². The summed E-state index contributed by atoms with van der Waals surface area (Å²) in [5.74, 6) is -0.0636. The quantitative estimate of drug-likeness (QED) is 0.0455. The molecular formula is C30H52N2O6S2. The molecule has 0 spiro atoms. The Kier molecular flexibility index (Phi) is 25.9. The lowest BCUT2D eigenvalue weighted by molar-refractivity contribution is -0.138. The number of carbonyl (C=O) groups excluding carboxylic acids is 2. The second-order valence-corrected chi connectivity index (χ2v) is 12.7. The van der Waals surface area contributed by atoms with Gasteiger partial charge in [0.1, 0.15) is 0 Å². The van der Waals surface area contributed by atoms with Gasteiger partial charge in [-0.05, 0) is 38.5 Å². The Bertz CT molecular complexity index is 698. The lowest BCUT2D eigenvalue weighted by Crippen LogP contribution is -2.34. The van der Waals surface area contributed by atoms with E-state index in [0.717, 1.165) is 101 Å². The molecule has 0 aromatic rings. The maximum atomic E-state index is 11.6. The molecule has 2 atom stereocenters. The Hall–Kier alpha value is -1.94. The zero-order valence-corrected chi connectivity index (χ0v) is 26.2. The van der Waals surface area contributed by atoms with Gasteiger partial charge in [-0.25, -0.2) is 0 Å². The van der Waals surface area contributed by atoms with E-state index in [9.17, 15) is 19.2 Å². The van der Waals surface area contributed by atoms with Gasteiger partial charge < -0.3 is 20.8 Å². The fourth-order valence-electron chi connectivity index (χ4n) is 4.07. The van der Waals surface area contributed by atoms with Crippen molar-refractivity contribution in [3.05, 3.63) is 24.3 Å². The topological polar surface area (TPSA) is 133 Å². The first kappa shape index (κ1) is 38.1. The minimum Gasteiger partial charge on any atom is -0.481 e. The molecule has 2 amide bonds. The van der Waals surface area contributed by atoms with Crippen LogP contribution in [0.2, 0.25) is 0 Å². The van der Waals surface area contributed by atoms with Crippen molar-refractivity contribution in [2.24, 2.45) is 0 Å². The van der Waals surface area contributed by atoms with Gasteiger partial charge in [0.25, 0.3) is 0 Å². The maximum absolute atomic E-state index is 11.6. The van der Waals surface area contributed by atoms with Crippen molar-refractivity contribution in [3.8, 4) is 0 Å². The van der Waals surface area contributed by atoms with Gasteiger partial charge in [-0.1, -0.05) is 97.3 Å². The molecule has 0 fully saturated rings. The first-order chi connectivity index (χ1) is 19.2. The lowest BCUT2D eigenvalue weighted by Gasteiger charge is -2.16. The van der Waals surface area contributed by atoms with Crippen LogP contribution in [-0.2, 0) is 19.2 Å². The van der Waals surface area contributed by atoms with E-state index in [-0.39, 0.29) is 36.7 Å². The Labute approximate surface area is 249 Å². The van der Waals surface area contributed by atoms with Crippen LogP contribution in [0, 0.1) is 0 Å². The van der Waals surface area contributed by atoms with Crippen molar-refractivity contribution in [3.63, 3.8) is 0 Å². The van der Waals surface area contributed by atoms with Crippen LogP contribution >= 0.6 is 21.6 Å². The Morgan fingerprint density at radius 1 is 0.575 bits per heavy atom. The van der Waals surface area contributed by atoms with Crippen molar-refractivity contribution >= 4 is 45.3 Å². The molecule has 0 aromatic carbocycles. The van der Waals surface area contributed by atoms with Gasteiger partial charge in [-0.3, -0.25) is 19.2 Å². The van der Waals surface area contributed by atoms with Gasteiger partial charge in [0.15, 0.2) is 0 Å². The number of unbranched alkanes of at least 4 members (excludes halogenated alkanes) is 12. The minimum atomic E-state index is -0.720. The molecule has 0 bridgehead atoms. The molecule has 230 valence electrons. The summed E-state index contributed by atoms with van der Waals surface area (Å²) in [5.41, 5.74) is 0. The number of allylic oxidation sites excluding steroid dienone is 2. The van der Waals surface area contributed by atoms with Gasteiger partial charge in [-0.2, -0.15) is 0 Å². The van der Waals surface area contributed by atoms with Crippen LogP contribution in [-0.4, -0.2) is 57.6 Å². The van der Waals surface area contributed by atoms with Crippen LogP contribution in [0.25, 0.3) is 0 Å². The standard InChI is InChI=1S/C30H52N2O6S2/c1-25(33)31-27(19-15-11-7-3-5-9-13-17-21-29(35)36)23-39-40-24-28(32-26(2)34)20-16-12-8-4-6-10-14-18-22-30(37)38/h15-16,19-20,27-28H,3-14,17-18,21-24H2,1-2H3,(H,31,33)(H,32,34)(H,35,36)(H,37,38)/b19-15+,20-16+/t27-,28-/m1/s1. The van der Waals surface area contributed by atoms with Gasteiger partial charge >= 0.3 is 11.9 Å². The van der Waals surface area contributed by atoms with E-state index in [1.165, 1.54) is 13.8 Å². The van der Waals surface area contributed by atoms with Crippen molar-refractivity contribution in [1.82, 2.24) is 10.6 Å². The first-order valence-electron chi connectivity index (χ1n) is 14.8. The number of carboxylic acid groups (broad SMARTS) is 2. The number of hydrogen-bond acceptors (Lipinski definition) is 6. The minimum absolute atomic E-state index is 0.0371. The molecule has 0 aliphatic carbocycles. The summed E-state index contributed by atoms with van der Waals surface area (Å²) < 4.78 is 0. The molecule has 10 heteroatoms. The molecule has 0 saturated carbocycles. The molecular weight excluding hydrogens is 548 g/mol. The highest BCUT2D eigenvalue weighted by Crippen LogP contribution is 2.24. The van der Waals surface area contributed by atoms with Gasteiger partial charge in [0, 0.05) is 38.2 Å². The normalized spacial score (nSPS) is 12.9. The van der Waals surface area contributed by atoms with E-state index in [1.807, 2.05) is 0 Å². The summed E-state index contributed by atoms with van der Waals surface area (Å²) in [6.07, 6.45) is 23.1. The molecule has 8 nitrogen and oxygen atoms in total.